The first-order valence-corrected chi connectivity index (χ1v) is 2.96. The number of rotatable bonds is 1. The molecule has 0 bridgehead atoms. The molecule has 0 radical (unpaired) electrons. The lowest BCUT2D eigenvalue weighted by atomic mass is 10.6. The number of hydrogen-bond acceptors (Lipinski definition) is 2. The lowest BCUT2D eigenvalue weighted by molar-refractivity contribution is 0.927. The van der Waals surface area contributed by atoms with Crippen LogP contribution in [0.15, 0.2) is 6.20 Å². The summed E-state index contributed by atoms with van der Waals surface area (Å²) >= 11 is 3.21. The van der Waals surface area contributed by atoms with E-state index in [0.717, 1.165) is 11.0 Å². The van der Waals surface area contributed by atoms with Crippen molar-refractivity contribution >= 4 is 49.9 Å². The van der Waals surface area contributed by atoms with E-state index in [1.165, 1.54) is 0 Å². The molecule has 1 aromatic rings. The predicted molar refractivity (Wildman–Crippen MR) is 49.7 cm³/mol. The molecule has 0 fully saturated rings. The van der Waals surface area contributed by atoms with Crippen molar-refractivity contribution in [1.82, 2.24) is 15.4 Å². The van der Waals surface area contributed by atoms with Gasteiger partial charge >= 0.3 is 0 Å². The lowest BCUT2D eigenvalue weighted by Crippen LogP contribution is -1.73. The number of hydrogen-bond donors (Lipinski definition) is 1. The van der Waals surface area contributed by atoms with Crippen LogP contribution < -0.4 is 0 Å². The van der Waals surface area contributed by atoms with Crippen molar-refractivity contribution in [2.24, 2.45) is 0 Å². The Labute approximate surface area is 82.3 Å². The lowest BCUT2D eigenvalue weighted by Gasteiger charge is -1.73. The highest BCUT2D eigenvalue weighted by atomic mass is 79.9. The summed E-state index contributed by atoms with van der Waals surface area (Å²) in [5, 5.41) is 10.6. The highest BCUT2D eigenvalue weighted by molar-refractivity contribution is 9.08. The molecule has 0 unspecified atom stereocenters. The molecule has 0 atom stereocenters. The first kappa shape index (κ1) is 12.3. The zero-order valence-corrected chi connectivity index (χ0v) is 9.39. The fraction of sp³-hybridized carbons (Fsp3) is 0.333. The quantitative estimate of drug-likeness (QED) is 0.802. The van der Waals surface area contributed by atoms with Gasteiger partial charge in [0.15, 0.2) is 0 Å². The van der Waals surface area contributed by atoms with Crippen molar-refractivity contribution in [2.45, 2.75) is 5.33 Å². The van der Waals surface area contributed by atoms with Gasteiger partial charge in [0.05, 0.1) is 11.9 Å². The summed E-state index contributed by atoms with van der Waals surface area (Å²) in [4.78, 5) is 0. The minimum Gasteiger partial charge on any atom is -0.198 e. The van der Waals surface area contributed by atoms with E-state index in [1.807, 2.05) is 0 Å². The van der Waals surface area contributed by atoms with E-state index in [4.69, 9.17) is 0 Å². The maximum Gasteiger partial charge on any atom is 0.0929 e. The second kappa shape index (κ2) is 6.70. The van der Waals surface area contributed by atoms with E-state index < -0.39 is 0 Å². The summed E-state index contributed by atoms with van der Waals surface area (Å²) in [5.41, 5.74) is 0.931. The number of nitrogens with zero attached hydrogens (tertiary/aromatic N) is 2. The van der Waals surface area contributed by atoms with Gasteiger partial charge in [-0.05, 0) is 0 Å². The molecule has 1 heterocycles. The number of alkyl halides is 1. The maximum atomic E-state index is 3.75. The highest BCUT2D eigenvalue weighted by Gasteiger charge is 1.86. The molecule has 9 heavy (non-hydrogen) atoms. The third-order valence-electron chi connectivity index (χ3n) is 0.602. The first-order valence-electron chi connectivity index (χ1n) is 1.84. The van der Waals surface area contributed by atoms with Crippen LogP contribution in [0, 0.1) is 0 Å². The molecule has 1 aromatic heterocycles. The average molecular weight is 324 g/mol. The Kier molecular flexibility index (Phi) is 9.13. The third kappa shape index (κ3) is 4.05. The van der Waals surface area contributed by atoms with Gasteiger partial charge in [-0.3, -0.25) is 0 Å². The van der Waals surface area contributed by atoms with Gasteiger partial charge in [0, 0.05) is 5.33 Å². The van der Waals surface area contributed by atoms with Gasteiger partial charge in [0.2, 0.25) is 0 Å². The summed E-state index contributed by atoms with van der Waals surface area (Å²) < 4.78 is 0. The molecule has 6 heteroatoms. The molecular weight excluding hydrogens is 318 g/mol. The number of aromatic nitrogens is 3. The van der Waals surface area contributed by atoms with Crippen LogP contribution in [0.25, 0.3) is 0 Å². The van der Waals surface area contributed by atoms with E-state index in [-0.39, 0.29) is 34.0 Å². The van der Waals surface area contributed by atoms with Crippen molar-refractivity contribution in [2.75, 3.05) is 0 Å². The standard InChI is InChI=1S/C3H4BrN3.2BrH/c4-1-3-2-5-7-6-3;;/h2H,1H2,(H,5,6,7);2*1H. The van der Waals surface area contributed by atoms with Crippen LogP contribution in [-0.4, -0.2) is 15.4 Å². The molecule has 0 aliphatic rings. The van der Waals surface area contributed by atoms with E-state index in [9.17, 15) is 0 Å². The molecule has 0 saturated heterocycles. The van der Waals surface area contributed by atoms with Gasteiger partial charge in [-0.25, -0.2) is 0 Å². The second-order valence-corrected chi connectivity index (χ2v) is 1.66. The molecule has 0 spiro atoms. The van der Waals surface area contributed by atoms with Crippen molar-refractivity contribution in [1.29, 1.82) is 0 Å². The molecule has 0 saturated carbocycles. The van der Waals surface area contributed by atoms with Crippen LogP contribution in [0.4, 0.5) is 0 Å². The molecule has 1 N–H and O–H groups in total. The molecule has 0 aliphatic heterocycles. The fourth-order valence-corrected chi connectivity index (χ4v) is 0.560. The van der Waals surface area contributed by atoms with E-state index in [0.29, 0.717) is 0 Å². The highest BCUT2D eigenvalue weighted by Crippen LogP contribution is 1.94. The van der Waals surface area contributed by atoms with Crippen molar-refractivity contribution in [3.8, 4) is 0 Å². The van der Waals surface area contributed by atoms with Crippen molar-refractivity contribution < 1.29 is 0 Å². The molecule has 54 valence electrons. The molecule has 3 nitrogen and oxygen atoms in total. The minimum absolute atomic E-state index is 0. The van der Waals surface area contributed by atoms with E-state index >= 15 is 0 Å². The van der Waals surface area contributed by atoms with Crippen LogP contribution >= 0.6 is 49.9 Å². The summed E-state index contributed by atoms with van der Waals surface area (Å²) in [6.45, 7) is 0. The Morgan fingerprint density at radius 3 is 2.44 bits per heavy atom. The zero-order chi connectivity index (χ0) is 5.11. The van der Waals surface area contributed by atoms with Gasteiger partial charge in [0.1, 0.15) is 0 Å². The number of nitrogens with one attached hydrogen (secondary N) is 1. The summed E-state index contributed by atoms with van der Waals surface area (Å²) in [5.74, 6) is 0. The Morgan fingerprint density at radius 1 is 1.56 bits per heavy atom. The predicted octanol–water partition coefficient (Wildman–Crippen LogP) is 1.86. The monoisotopic (exact) mass is 321 g/mol. The number of halogens is 3. The fourth-order valence-electron chi connectivity index (χ4n) is 0.290. The van der Waals surface area contributed by atoms with Crippen LogP contribution in [0.1, 0.15) is 5.69 Å². The molecule has 1 rings (SSSR count). The Hall–Kier alpha value is 0.580. The Balaban J connectivity index is 0. The summed E-state index contributed by atoms with van der Waals surface area (Å²) in [6, 6.07) is 0. The van der Waals surface area contributed by atoms with Gasteiger partial charge in [-0.1, -0.05) is 15.9 Å². The Bertz CT molecular complexity index is 129. The van der Waals surface area contributed by atoms with Crippen LogP contribution in [0.3, 0.4) is 0 Å². The van der Waals surface area contributed by atoms with Crippen molar-refractivity contribution in [3.05, 3.63) is 11.9 Å². The number of aromatic amines is 1. The average Bonchev–Trinajstić information content (AvgIpc) is 2.14. The topological polar surface area (TPSA) is 41.6 Å². The van der Waals surface area contributed by atoms with Crippen LogP contribution in [-0.2, 0) is 5.33 Å². The molecule has 0 aromatic carbocycles. The number of H-pyrrole nitrogens is 1. The largest absolute Gasteiger partial charge is 0.198 e. The zero-order valence-electron chi connectivity index (χ0n) is 4.37. The smallest absolute Gasteiger partial charge is 0.0929 e. The SMILES string of the molecule is Br.Br.BrCc1cn[nH]n1. The maximum absolute atomic E-state index is 3.75. The Morgan fingerprint density at radius 2 is 2.22 bits per heavy atom. The summed E-state index contributed by atoms with van der Waals surface area (Å²) in [6.07, 6.45) is 1.68. The van der Waals surface area contributed by atoms with Crippen LogP contribution in [0.2, 0.25) is 0 Å². The molecule has 0 amide bonds. The van der Waals surface area contributed by atoms with Crippen LogP contribution in [0.5, 0.6) is 0 Å². The van der Waals surface area contributed by atoms with Gasteiger partial charge in [0.25, 0.3) is 0 Å². The van der Waals surface area contributed by atoms with Gasteiger partial charge in [-0.15, -0.1) is 34.0 Å². The normalized spacial score (nSPS) is 7.22. The van der Waals surface area contributed by atoms with Gasteiger partial charge < -0.3 is 0 Å². The second-order valence-electron chi connectivity index (χ2n) is 1.09. The minimum atomic E-state index is 0. The van der Waals surface area contributed by atoms with Gasteiger partial charge in [-0.2, -0.15) is 15.4 Å². The van der Waals surface area contributed by atoms with Crippen molar-refractivity contribution in [3.63, 3.8) is 0 Å². The first-order chi connectivity index (χ1) is 3.43. The molecule has 0 aliphatic carbocycles. The third-order valence-corrected chi connectivity index (χ3v) is 1.18. The van der Waals surface area contributed by atoms with E-state index in [2.05, 4.69) is 31.3 Å². The summed E-state index contributed by atoms with van der Waals surface area (Å²) in [7, 11) is 0. The van der Waals surface area contributed by atoms with E-state index in [1.54, 1.807) is 6.20 Å². The molecular formula is C3H6Br3N3.